The molecule has 0 amide bonds. The van der Waals surface area contributed by atoms with Gasteiger partial charge in [-0.1, -0.05) is 4.28 Å². The molecular formula is CH6NO3S+. The van der Waals surface area contributed by atoms with Gasteiger partial charge in [-0.2, -0.15) is 14.3 Å². The third kappa shape index (κ3) is 3.87. The second-order valence-corrected chi connectivity index (χ2v) is 2.47. The highest BCUT2D eigenvalue weighted by molar-refractivity contribution is 7.85. The van der Waals surface area contributed by atoms with E-state index in [-0.39, 0.29) is 0 Å². The molecule has 3 N–H and O–H groups in total. The summed E-state index contributed by atoms with van der Waals surface area (Å²) in [6.45, 7) is 0. The monoisotopic (exact) mass is 112 g/mol. The van der Waals surface area contributed by atoms with E-state index in [2.05, 4.69) is 10.2 Å². The summed E-state index contributed by atoms with van der Waals surface area (Å²) in [4.78, 5) is 0. The molecule has 0 saturated carbocycles. The molecule has 0 bridgehead atoms. The largest absolute Gasteiger partial charge is 0.310 e. The molecule has 0 rings (SSSR count). The fraction of sp³-hybridized carbons (Fsp3) is 1.00. The molecule has 0 fully saturated rings. The fourth-order valence-electron chi connectivity index (χ4n) is 0. The minimum Gasteiger partial charge on any atom is -0.195 e. The lowest BCUT2D eigenvalue weighted by molar-refractivity contribution is -0.634. The van der Waals surface area contributed by atoms with Crippen LogP contribution in [0, 0.1) is 0 Å². The summed E-state index contributed by atoms with van der Waals surface area (Å²) in [6, 6.07) is 0. The van der Waals surface area contributed by atoms with Crippen LogP contribution >= 0.6 is 0 Å². The van der Waals surface area contributed by atoms with Crippen molar-refractivity contribution in [3.63, 3.8) is 0 Å². The van der Waals surface area contributed by atoms with E-state index in [1.165, 1.54) is 0 Å². The smallest absolute Gasteiger partial charge is 0.195 e. The third-order valence-electron chi connectivity index (χ3n) is 0.214. The molecule has 0 aromatic heterocycles. The van der Waals surface area contributed by atoms with E-state index >= 15 is 0 Å². The van der Waals surface area contributed by atoms with Crippen molar-refractivity contribution in [2.75, 3.05) is 6.26 Å². The lowest BCUT2D eigenvalue weighted by Gasteiger charge is -1.78. The van der Waals surface area contributed by atoms with Crippen molar-refractivity contribution in [3.05, 3.63) is 0 Å². The molecule has 0 heterocycles. The molecule has 5 heteroatoms. The summed E-state index contributed by atoms with van der Waals surface area (Å²) in [6.07, 6.45) is 0.931. The maximum absolute atomic E-state index is 9.72. The van der Waals surface area contributed by atoms with Gasteiger partial charge in [0.1, 0.15) is 0 Å². The van der Waals surface area contributed by atoms with Gasteiger partial charge < -0.3 is 0 Å². The number of rotatable bonds is 1. The zero-order chi connectivity index (χ0) is 5.21. The molecule has 4 nitrogen and oxygen atoms in total. The highest BCUT2D eigenvalue weighted by Crippen LogP contribution is 1.69. The summed E-state index contributed by atoms with van der Waals surface area (Å²) >= 11 is 0. The van der Waals surface area contributed by atoms with Gasteiger partial charge in [0.05, 0.1) is 6.26 Å². The van der Waals surface area contributed by atoms with Crippen molar-refractivity contribution in [2.45, 2.75) is 0 Å². The topological polar surface area (TPSA) is 71.0 Å². The van der Waals surface area contributed by atoms with Crippen LogP contribution in [-0.2, 0) is 14.4 Å². The zero-order valence-electron chi connectivity index (χ0n) is 3.34. The molecule has 0 atom stereocenters. The predicted molar refractivity (Wildman–Crippen MR) is 18.8 cm³/mol. The Morgan fingerprint density at radius 2 is 1.83 bits per heavy atom. The molecule has 0 saturated heterocycles. The summed E-state index contributed by atoms with van der Waals surface area (Å²) in [5, 5.41) is 0. The van der Waals surface area contributed by atoms with Gasteiger partial charge in [-0.05, 0) is 0 Å². The van der Waals surface area contributed by atoms with Gasteiger partial charge in [0.15, 0.2) is 0 Å². The minimum absolute atomic E-state index is 0.931. The lowest BCUT2D eigenvalue weighted by atomic mass is 12.0. The van der Waals surface area contributed by atoms with Crippen LogP contribution in [0.5, 0.6) is 0 Å². The van der Waals surface area contributed by atoms with E-state index in [9.17, 15) is 8.42 Å². The van der Waals surface area contributed by atoms with E-state index in [1.807, 2.05) is 0 Å². The van der Waals surface area contributed by atoms with Crippen LogP contribution in [0.15, 0.2) is 0 Å². The van der Waals surface area contributed by atoms with Crippen molar-refractivity contribution in [2.24, 2.45) is 0 Å². The Hall–Kier alpha value is -0.130. The summed E-state index contributed by atoms with van der Waals surface area (Å²) in [7, 11) is -3.27. The molecule has 0 aromatic rings. The van der Waals surface area contributed by atoms with Crippen LogP contribution < -0.4 is 5.90 Å². The normalized spacial score (nSPS) is 11.7. The molecule has 6 heavy (non-hydrogen) atoms. The van der Waals surface area contributed by atoms with Crippen molar-refractivity contribution in [1.82, 2.24) is 0 Å². The number of hydrogen-bond acceptors (Lipinski definition) is 3. The van der Waals surface area contributed by atoms with Gasteiger partial charge in [-0.3, -0.25) is 0 Å². The minimum atomic E-state index is -3.27. The standard InChI is InChI=1S/CH6NO3S/c1-6(3,4)5-2/h1-2H3/q+1. The first-order valence-corrected chi connectivity index (χ1v) is 3.01. The first-order valence-electron chi connectivity index (χ1n) is 1.20. The van der Waals surface area contributed by atoms with Crippen LogP contribution in [0.4, 0.5) is 0 Å². The van der Waals surface area contributed by atoms with Gasteiger partial charge in [-0.25, -0.2) is 0 Å². The highest BCUT2D eigenvalue weighted by atomic mass is 32.2. The Labute approximate surface area is 36.0 Å². The van der Waals surface area contributed by atoms with Crippen molar-refractivity contribution in [3.8, 4) is 0 Å². The molecule has 0 spiro atoms. The van der Waals surface area contributed by atoms with Crippen LogP contribution in [-0.4, -0.2) is 14.7 Å². The molecule has 0 aliphatic heterocycles. The van der Waals surface area contributed by atoms with Crippen molar-refractivity contribution in [1.29, 1.82) is 0 Å². The fourth-order valence-corrected chi connectivity index (χ4v) is 0. The van der Waals surface area contributed by atoms with E-state index in [0.717, 1.165) is 6.26 Å². The van der Waals surface area contributed by atoms with Gasteiger partial charge in [0, 0.05) is 0 Å². The maximum atomic E-state index is 9.72. The molecule has 0 radical (unpaired) electrons. The van der Waals surface area contributed by atoms with E-state index in [4.69, 9.17) is 0 Å². The SMILES string of the molecule is CS(=O)(=O)O[NH3+]. The molecule has 0 aliphatic carbocycles. The van der Waals surface area contributed by atoms with Crippen molar-refractivity contribution < 1.29 is 18.6 Å². The molecule has 0 aliphatic rings. The summed E-state index contributed by atoms with van der Waals surface area (Å²) < 4.78 is 23.1. The van der Waals surface area contributed by atoms with Crippen LogP contribution in [0.3, 0.4) is 0 Å². The predicted octanol–water partition coefficient (Wildman–Crippen LogP) is -1.88. The van der Waals surface area contributed by atoms with Crippen LogP contribution in [0.2, 0.25) is 0 Å². The average Bonchev–Trinajstić information content (AvgIpc) is 1.35. The van der Waals surface area contributed by atoms with Gasteiger partial charge in [0.25, 0.3) is 0 Å². The van der Waals surface area contributed by atoms with Gasteiger partial charge in [-0.15, -0.1) is 0 Å². The van der Waals surface area contributed by atoms with Gasteiger partial charge in [0.2, 0.25) is 0 Å². The van der Waals surface area contributed by atoms with E-state index < -0.39 is 10.1 Å². The Morgan fingerprint density at radius 3 is 1.83 bits per heavy atom. The molecule has 38 valence electrons. The number of hydrogen-bond donors (Lipinski definition) is 1. The quantitative estimate of drug-likeness (QED) is 0.403. The maximum Gasteiger partial charge on any atom is 0.310 e. The lowest BCUT2D eigenvalue weighted by Crippen LogP contribution is -2.50. The van der Waals surface area contributed by atoms with Crippen LogP contribution in [0.25, 0.3) is 0 Å². The van der Waals surface area contributed by atoms with E-state index in [1.54, 1.807) is 0 Å². The van der Waals surface area contributed by atoms with Crippen LogP contribution in [0.1, 0.15) is 0 Å². The second-order valence-electron chi connectivity index (χ2n) is 0.822. The Morgan fingerprint density at radius 1 is 1.67 bits per heavy atom. The van der Waals surface area contributed by atoms with Crippen molar-refractivity contribution >= 4 is 10.1 Å². The average molecular weight is 112 g/mol. The molecule has 0 aromatic carbocycles. The number of quaternary nitrogens is 1. The summed E-state index contributed by atoms with van der Waals surface area (Å²) in [5.74, 6) is 2.67. The Bertz CT molecular complexity index is 113. The van der Waals surface area contributed by atoms with E-state index in [0.29, 0.717) is 0 Å². The highest BCUT2D eigenvalue weighted by Gasteiger charge is 1.95. The molecular weight excluding hydrogens is 106 g/mol. The van der Waals surface area contributed by atoms with Gasteiger partial charge >= 0.3 is 10.1 Å². The zero-order valence-corrected chi connectivity index (χ0v) is 4.16. The summed E-state index contributed by atoms with van der Waals surface area (Å²) in [5.41, 5.74) is 0. The first kappa shape index (κ1) is 5.87. The Kier molecular flexibility index (Phi) is 1.51. The molecule has 0 unspecified atom stereocenters. The Balaban J connectivity index is 3.85. The first-order chi connectivity index (χ1) is 2.56. The second kappa shape index (κ2) is 1.55. The third-order valence-corrected chi connectivity index (χ3v) is 0.642.